The first-order valence-electron chi connectivity index (χ1n) is 11.8. The number of ketones is 1. The van der Waals surface area contributed by atoms with Crippen molar-refractivity contribution in [2.75, 3.05) is 46.0 Å². The van der Waals surface area contributed by atoms with Crippen molar-refractivity contribution in [2.24, 2.45) is 0 Å². The van der Waals surface area contributed by atoms with E-state index >= 15 is 0 Å². The number of hydrogen-bond acceptors (Lipinski definition) is 7. The quantitative estimate of drug-likeness (QED) is 0.346. The number of likely N-dealkylation sites (tertiary alicyclic amines) is 1. The minimum Gasteiger partial charge on any atom is -0.507 e. The third-order valence-corrected chi connectivity index (χ3v) is 6.12. The fourth-order valence-corrected chi connectivity index (χ4v) is 4.37. The van der Waals surface area contributed by atoms with Crippen LogP contribution in [0.25, 0.3) is 5.76 Å². The lowest BCUT2D eigenvalue weighted by Gasteiger charge is -2.29. The first-order chi connectivity index (χ1) is 16.6. The van der Waals surface area contributed by atoms with Crippen molar-refractivity contribution in [3.63, 3.8) is 0 Å². The predicted molar refractivity (Wildman–Crippen MR) is 127 cm³/mol. The van der Waals surface area contributed by atoms with Crippen LogP contribution in [0.15, 0.2) is 54.4 Å². The molecule has 0 unspecified atom stereocenters. The molecule has 34 heavy (non-hydrogen) atoms. The molecule has 2 aromatic rings. The monoisotopic (exact) mass is 465 g/mol. The van der Waals surface area contributed by atoms with Crippen LogP contribution in [0.1, 0.15) is 36.9 Å². The number of carbonyl (C=O) groups excluding carboxylic acids is 2. The summed E-state index contributed by atoms with van der Waals surface area (Å²) in [5, 5.41) is 11.2. The number of Topliss-reactive ketones (excluding diaryl/α,β-unsaturated/α-hetero) is 1. The van der Waals surface area contributed by atoms with Gasteiger partial charge in [-0.2, -0.15) is 0 Å². The lowest BCUT2D eigenvalue weighted by Crippen LogP contribution is -2.39. The topological polar surface area (TPSA) is 92.2 Å². The number of pyridine rings is 1. The zero-order valence-electron chi connectivity index (χ0n) is 19.5. The number of benzene rings is 1. The third kappa shape index (κ3) is 5.29. The van der Waals surface area contributed by atoms with E-state index in [1.807, 2.05) is 13.0 Å². The van der Waals surface area contributed by atoms with Crippen molar-refractivity contribution in [1.82, 2.24) is 14.8 Å². The minimum atomic E-state index is -0.686. The Hall–Kier alpha value is -3.23. The number of carbonyl (C=O) groups is 2. The molecule has 4 rings (SSSR count). The summed E-state index contributed by atoms with van der Waals surface area (Å²) in [5.41, 5.74) is 1.24. The minimum absolute atomic E-state index is 0.0894. The molecule has 8 nitrogen and oxygen atoms in total. The Bertz CT molecular complexity index is 1020. The molecule has 1 aromatic carbocycles. The van der Waals surface area contributed by atoms with E-state index in [4.69, 9.17) is 9.47 Å². The summed E-state index contributed by atoms with van der Waals surface area (Å²) in [5.74, 6) is -0.778. The van der Waals surface area contributed by atoms with Gasteiger partial charge in [-0.05, 0) is 48.7 Å². The summed E-state index contributed by atoms with van der Waals surface area (Å²) in [6.45, 7) is 6.99. The highest BCUT2D eigenvalue weighted by Gasteiger charge is 2.45. The summed E-state index contributed by atoms with van der Waals surface area (Å²) in [6.07, 6.45) is 4.89. The van der Waals surface area contributed by atoms with Crippen LogP contribution < -0.4 is 4.74 Å². The molecule has 2 fully saturated rings. The highest BCUT2D eigenvalue weighted by molar-refractivity contribution is 6.46. The highest BCUT2D eigenvalue weighted by atomic mass is 16.5. The lowest BCUT2D eigenvalue weighted by molar-refractivity contribution is -0.140. The Balaban J connectivity index is 1.61. The molecule has 0 spiro atoms. The van der Waals surface area contributed by atoms with Crippen molar-refractivity contribution in [1.29, 1.82) is 0 Å². The Morgan fingerprint density at radius 2 is 1.91 bits per heavy atom. The van der Waals surface area contributed by atoms with Crippen molar-refractivity contribution in [3.8, 4) is 5.75 Å². The van der Waals surface area contributed by atoms with Gasteiger partial charge in [0.25, 0.3) is 11.7 Å². The molecule has 2 aliphatic rings. The second kappa shape index (κ2) is 11.3. The summed E-state index contributed by atoms with van der Waals surface area (Å²) in [4.78, 5) is 34.2. The van der Waals surface area contributed by atoms with E-state index in [1.165, 1.54) is 0 Å². The number of aliphatic hydroxyl groups is 1. The van der Waals surface area contributed by atoms with Crippen LogP contribution in [0, 0.1) is 0 Å². The first kappa shape index (κ1) is 23.9. The van der Waals surface area contributed by atoms with Gasteiger partial charge >= 0.3 is 0 Å². The molecular formula is C26H31N3O5. The molecule has 1 amide bonds. The maximum Gasteiger partial charge on any atom is 0.295 e. The number of hydrogen-bond donors (Lipinski definition) is 1. The number of morpholine rings is 1. The van der Waals surface area contributed by atoms with E-state index in [0.717, 1.165) is 26.1 Å². The summed E-state index contributed by atoms with van der Waals surface area (Å²) < 4.78 is 11.0. The molecule has 0 aliphatic carbocycles. The predicted octanol–water partition coefficient (Wildman–Crippen LogP) is 3.01. The van der Waals surface area contributed by atoms with Crippen LogP contribution >= 0.6 is 0 Å². The molecule has 180 valence electrons. The maximum absolute atomic E-state index is 13.1. The summed E-state index contributed by atoms with van der Waals surface area (Å²) in [7, 11) is 0. The Morgan fingerprint density at radius 3 is 2.59 bits per heavy atom. The van der Waals surface area contributed by atoms with Crippen LogP contribution in [-0.2, 0) is 14.3 Å². The Kier molecular flexibility index (Phi) is 7.92. The molecule has 3 heterocycles. The summed E-state index contributed by atoms with van der Waals surface area (Å²) in [6, 6.07) is 9.81. The molecular weight excluding hydrogens is 434 g/mol. The van der Waals surface area contributed by atoms with Gasteiger partial charge in [-0.1, -0.05) is 13.0 Å². The van der Waals surface area contributed by atoms with Crippen LogP contribution in [0.2, 0.25) is 0 Å². The van der Waals surface area contributed by atoms with E-state index < -0.39 is 17.7 Å². The van der Waals surface area contributed by atoms with Crippen molar-refractivity contribution in [2.45, 2.75) is 25.8 Å². The van der Waals surface area contributed by atoms with Gasteiger partial charge in [0.2, 0.25) is 0 Å². The largest absolute Gasteiger partial charge is 0.507 e. The second-order valence-corrected chi connectivity index (χ2v) is 8.46. The SMILES string of the molecule is CCCOc1ccc(/C(O)=C2\C(=O)C(=O)N(CCCN3CCOCC3)[C@@H]2c2cccnc2)cc1. The standard InChI is InChI=1S/C26H31N3O5/c1-2-15-34-21-8-6-19(7-9-21)24(30)22-23(20-5-3-10-27-18-20)29(26(32)25(22)31)12-4-11-28-13-16-33-17-14-28/h3,5-10,18,23,30H,2,4,11-17H2,1H3/b24-22+/t23-/m1/s1. The van der Waals surface area contributed by atoms with Gasteiger partial charge in [0.1, 0.15) is 11.5 Å². The maximum atomic E-state index is 13.1. The van der Waals surface area contributed by atoms with Crippen LogP contribution in [0.3, 0.4) is 0 Å². The smallest absolute Gasteiger partial charge is 0.295 e. The van der Waals surface area contributed by atoms with Gasteiger partial charge in [0, 0.05) is 44.1 Å². The highest BCUT2D eigenvalue weighted by Crippen LogP contribution is 2.39. The van der Waals surface area contributed by atoms with Gasteiger partial charge in [-0.15, -0.1) is 0 Å². The Labute approximate surface area is 199 Å². The van der Waals surface area contributed by atoms with E-state index in [-0.39, 0.29) is 11.3 Å². The van der Waals surface area contributed by atoms with E-state index in [9.17, 15) is 14.7 Å². The molecule has 1 aromatic heterocycles. The third-order valence-electron chi connectivity index (χ3n) is 6.12. The number of amides is 1. The molecule has 0 saturated carbocycles. The average Bonchev–Trinajstić information content (AvgIpc) is 3.13. The zero-order valence-corrected chi connectivity index (χ0v) is 19.5. The number of nitrogens with zero attached hydrogens (tertiary/aromatic N) is 3. The van der Waals surface area contributed by atoms with Gasteiger partial charge in [-0.3, -0.25) is 19.5 Å². The average molecular weight is 466 g/mol. The van der Waals surface area contributed by atoms with Crippen LogP contribution in [0.4, 0.5) is 0 Å². The van der Waals surface area contributed by atoms with Gasteiger partial charge in [-0.25, -0.2) is 0 Å². The zero-order chi connectivity index (χ0) is 23.9. The lowest BCUT2D eigenvalue weighted by atomic mass is 9.96. The second-order valence-electron chi connectivity index (χ2n) is 8.46. The van der Waals surface area contributed by atoms with E-state index in [1.54, 1.807) is 47.6 Å². The molecule has 0 bridgehead atoms. The van der Waals surface area contributed by atoms with Gasteiger partial charge in [0.15, 0.2) is 0 Å². The van der Waals surface area contributed by atoms with Crippen molar-refractivity contribution >= 4 is 17.4 Å². The number of rotatable bonds is 9. The molecule has 1 N–H and O–H groups in total. The molecule has 1 atom stereocenters. The first-order valence-corrected chi connectivity index (χ1v) is 11.8. The van der Waals surface area contributed by atoms with E-state index in [2.05, 4.69) is 9.88 Å². The fourth-order valence-electron chi connectivity index (χ4n) is 4.37. The summed E-state index contributed by atoms with van der Waals surface area (Å²) >= 11 is 0. The van der Waals surface area contributed by atoms with Crippen LogP contribution in [-0.4, -0.2) is 77.6 Å². The molecule has 8 heteroatoms. The molecule has 2 aliphatic heterocycles. The van der Waals surface area contributed by atoms with Crippen molar-refractivity contribution < 1.29 is 24.2 Å². The van der Waals surface area contributed by atoms with Crippen molar-refractivity contribution in [3.05, 3.63) is 65.5 Å². The normalized spacial score (nSPS) is 20.6. The number of aliphatic hydroxyl groups excluding tert-OH is 1. The number of aromatic nitrogens is 1. The van der Waals surface area contributed by atoms with Gasteiger partial charge < -0.3 is 19.5 Å². The van der Waals surface area contributed by atoms with Gasteiger partial charge in [0.05, 0.1) is 31.4 Å². The van der Waals surface area contributed by atoms with E-state index in [0.29, 0.717) is 49.7 Å². The Morgan fingerprint density at radius 1 is 1.15 bits per heavy atom. The number of ether oxygens (including phenoxy) is 2. The molecule has 0 radical (unpaired) electrons. The molecule has 2 saturated heterocycles. The van der Waals surface area contributed by atoms with Crippen LogP contribution in [0.5, 0.6) is 5.75 Å². The fraction of sp³-hybridized carbons (Fsp3) is 0.423.